The largest absolute Gasteiger partial charge is 0.497 e. The van der Waals surface area contributed by atoms with Crippen molar-refractivity contribution in [2.75, 3.05) is 27.3 Å². The van der Waals surface area contributed by atoms with E-state index in [-0.39, 0.29) is 30.5 Å². The Balaban J connectivity index is 0.00000364. The first-order valence-electron chi connectivity index (χ1n) is 9.52. The van der Waals surface area contributed by atoms with Crippen LogP contribution < -0.4 is 20.1 Å². The average molecular weight is 491 g/mol. The number of aliphatic hydroxyl groups excluding tert-OH is 1. The van der Waals surface area contributed by atoms with E-state index in [1.54, 1.807) is 26.4 Å². The number of guanidine groups is 1. The lowest BCUT2D eigenvalue weighted by Crippen LogP contribution is -2.45. The maximum atomic E-state index is 10.6. The molecule has 1 aromatic rings. The third-order valence-corrected chi connectivity index (χ3v) is 4.84. The van der Waals surface area contributed by atoms with Crippen molar-refractivity contribution in [1.29, 1.82) is 0 Å². The number of ether oxygens (including phenoxy) is 2. The zero-order valence-corrected chi connectivity index (χ0v) is 19.2. The fourth-order valence-electron chi connectivity index (χ4n) is 3.45. The number of methoxy groups -OCH3 is 2. The second kappa shape index (κ2) is 12.3. The molecule has 154 valence electrons. The fraction of sp³-hybridized carbons (Fsp3) is 0.650. The van der Waals surface area contributed by atoms with E-state index >= 15 is 0 Å². The summed E-state index contributed by atoms with van der Waals surface area (Å²) in [5.41, 5.74) is 0.678. The Hall–Kier alpha value is -1.22. The molecule has 0 aliphatic heterocycles. The normalized spacial score (nSPS) is 21.0. The summed E-state index contributed by atoms with van der Waals surface area (Å²) in [5.74, 6) is 2.82. The van der Waals surface area contributed by atoms with Crippen molar-refractivity contribution in [1.82, 2.24) is 10.6 Å². The summed E-state index contributed by atoms with van der Waals surface area (Å²) in [6.07, 6.45) is 4.13. The fourth-order valence-corrected chi connectivity index (χ4v) is 3.45. The molecule has 3 atom stereocenters. The molecule has 0 amide bonds. The lowest BCUT2D eigenvalue weighted by molar-refractivity contribution is 0.182. The molecule has 0 saturated heterocycles. The Labute approximate surface area is 180 Å². The Morgan fingerprint density at radius 2 is 2.07 bits per heavy atom. The van der Waals surface area contributed by atoms with Crippen molar-refractivity contribution in [3.8, 4) is 11.5 Å². The smallest absolute Gasteiger partial charge is 0.191 e. The van der Waals surface area contributed by atoms with Gasteiger partial charge in [0.05, 0.1) is 20.8 Å². The Bertz CT molecular complexity index is 598. The molecule has 1 aliphatic rings. The van der Waals surface area contributed by atoms with Crippen LogP contribution in [0.5, 0.6) is 11.5 Å². The predicted octanol–water partition coefficient (Wildman–Crippen LogP) is 3.49. The summed E-state index contributed by atoms with van der Waals surface area (Å²) < 4.78 is 10.6. The van der Waals surface area contributed by atoms with Crippen molar-refractivity contribution < 1.29 is 14.6 Å². The van der Waals surface area contributed by atoms with Crippen LogP contribution in [0, 0.1) is 5.92 Å². The zero-order valence-electron chi connectivity index (χ0n) is 16.8. The molecule has 1 aromatic carbocycles. The number of halogens is 1. The van der Waals surface area contributed by atoms with E-state index in [0.717, 1.165) is 24.8 Å². The number of aliphatic imine (C=N–C) groups is 1. The van der Waals surface area contributed by atoms with Gasteiger partial charge in [-0.1, -0.05) is 19.8 Å². The Morgan fingerprint density at radius 3 is 2.70 bits per heavy atom. The van der Waals surface area contributed by atoms with Crippen LogP contribution in [-0.2, 0) is 0 Å². The highest BCUT2D eigenvalue weighted by atomic mass is 127. The first kappa shape index (κ1) is 23.8. The number of nitrogens with zero attached hydrogens (tertiary/aromatic N) is 1. The van der Waals surface area contributed by atoms with Crippen molar-refractivity contribution in [3.05, 3.63) is 23.8 Å². The molecule has 1 aliphatic carbocycles. The van der Waals surface area contributed by atoms with Gasteiger partial charge in [0.2, 0.25) is 0 Å². The van der Waals surface area contributed by atoms with Crippen molar-refractivity contribution >= 4 is 29.9 Å². The van der Waals surface area contributed by atoms with E-state index in [9.17, 15) is 5.11 Å². The number of hydrogen-bond donors (Lipinski definition) is 3. The van der Waals surface area contributed by atoms with Crippen molar-refractivity contribution in [2.45, 2.75) is 51.7 Å². The average Bonchev–Trinajstić information content (AvgIpc) is 2.65. The molecule has 2 rings (SSSR count). The molecule has 0 spiro atoms. The highest BCUT2D eigenvalue weighted by molar-refractivity contribution is 14.0. The standard InChI is InChI=1S/C20H33N3O3.HI/c1-5-21-20(23-15-8-6-7-14(2)11-15)22-13-18(24)17-12-16(25-3)9-10-19(17)26-4;/h9-10,12,14-15,18,24H,5-8,11,13H2,1-4H3,(H2,21,22,23);1H. The number of rotatable bonds is 7. The van der Waals surface area contributed by atoms with E-state index in [4.69, 9.17) is 9.47 Å². The van der Waals surface area contributed by atoms with Crippen LogP contribution in [0.25, 0.3) is 0 Å². The van der Waals surface area contributed by atoms with Crippen LogP contribution in [0.15, 0.2) is 23.2 Å². The molecule has 0 heterocycles. The van der Waals surface area contributed by atoms with Crippen LogP contribution in [-0.4, -0.2) is 44.4 Å². The molecular formula is C20H34IN3O3. The predicted molar refractivity (Wildman–Crippen MR) is 120 cm³/mol. The first-order chi connectivity index (χ1) is 12.6. The molecule has 1 saturated carbocycles. The molecule has 0 aromatic heterocycles. The highest BCUT2D eigenvalue weighted by Crippen LogP contribution is 2.29. The lowest BCUT2D eigenvalue weighted by atomic mass is 9.87. The number of hydrogen-bond acceptors (Lipinski definition) is 4. The van der Waals surface area contributed by atoms with Gasteiger partial charge in [0, 0.05) is 18.2 Å². The van der Waals surface area contributed by atoms with E-state index in [1.165, 1.54) is 19.3 Å². The first-order valence-corrected chi connectivity index (χ1v) is 9.52. The molecule has 6 nitrogen and oxygen atoms in total. The lowest BCUT2D eigenvalue weighted by Gasteiger charge is -2.29. The third kappa shape index (κ3) is 7.37. The molecule has 0 bridgehead atoms. The van der Waals surface area contributed by atoms with Gasteiger partial charge in [0.1, 0.15) is 17.6 Å². The Morgan fingerprint density at radius 1 is 1.30 bits per heavy atom. The van der Waals surface area contributed by atoms with Crippen LogP contribution >= 0.6 is 24.0 Å². The van der Waals surface area contributed by atoms with Gasteiger partial charge in [-0.15, -0.1) is 24.0 Å². The molecule has 7 heteroatoms. The van der Waals surface area contributed by atoms with Crippen LogP contribution in [0.3, 0.4) is 0 Å². The monoisotopic (exact) mass is 491 g/mol. The molecule has 3 N–H and O–H groups in total. The number of nitrogens with one attached hydrogen (secondary N) is 2. The van der Waals surface area contributed by atoms with Gasteiger partial charge in [-0.05, 0) is 43.9 Å². The maximum absolute atomic E-state index is 10.6. The number of benzene rings is 1. The summed E-state index contributed by atoms with van der Waals surface area (Å²) in [5, 5.41) is 17.4. The molecular weight excluding hydrogens is 457 g/mol. The second-order valence-corrected chi connectivity index (χ2v) is 6.96. The zero-order chi connectivity index (χ0) is 18.9. The Kier molecular flexibility index (Phi) is 10.8. The molecule has 0 radical (unpaired) electrons. The van der Waals surface area contributed by atoms with Gasteiger partial charge >= 0.3 is 0 Å². The van der Waals surface area contributed by atoms with E-state index in [2.05, 4.69) is 22.5 Å². The van der Waals surface area contributed by atoms with Crippen LogP contribution in [0.4, 0.5) is 0 Å². The molecule has 3 unspecified atom stereocenters. The topological polar surface area (TPSA) is 75.1 Å². The quantitative estimate of drug-likeness (QED) is 0.310. The minimum absolute atomic E-state index is 0. The van der Waals surface area contributed by atoms with E-state index < -0.39 is 6.10 Å². The van der Waals surface area contributed by atoms with Gasteiger partial charge in [-0.25, -0.2) is 0 Å². The number of aliphatic hydroxyl groups is 1. The van der Waals surface area contributed by atoms with E-state index in [0.29, 0.717) is 23.1 Å². The summed E-state index contributed by atoms with van der Waals surface area (Å²) in [6.45, 7) is 5.38. The van der Waals surface area contributed by atoms with E-state index in [1.807, 2.05) is 13.0 Å². The maximum Gasteiger partial charge on any atom is 0.191 e. The molecule has 1 fully saturated rings. The highest BCUT2D eigenvalue weighted by Gasteiger charge is 2.20. The minimum atomic E-state index is -0.763. The molecule has 27 heavy (non-hydrogen) atoms. The van der Waals surface area contributed by atoms with Gasteiger partial charge in [0.15, 0.2) is 5.96 Å². The van der Waals surface area contributed by atoms with Crippen molar-refractivity contribution in [2.24, 2.45) is 10.9 Å². The van der Waals surface area contributed by atoms with Gasteiger partial charge < -0.3 is 25.2 Å². The summed E-state index contributed by atoms with van der Waals surface area (Å²) in [7, 11) is 3.20. The van der Waals surface area contributed by atoms with Crippen LogP contribution in [0.2, 0.25) is 0 Å². The van der Waals surface area contributed by atoms with Gasteiger partial charge in [0.25, 0.3) is 0 Å². The van der Waals surface area contributed by atoms with Crippen LogP contribution in [0.1, 0.15) is 51.2 Å². The summed E-state index contributed by atoms with van der Waals surface area (Å²) in [4.78, 5) is 4.59. The summed E-state index contributed by atoms with van der Waals surface area (Å²) >= 11 is 0. The second-order valence-electron chi connectivity index (χ2n) is 6.96. The third-order valence-electron chi connectivity index (χ3n) is 4.84. The minimum Gasteiger partial charge on any atom is -0.497 e. The summed E-state index contributed by atoms with van der Waals surface area (Å²) in [6, 6.07) is 5.85. The van der Waals surface area contributed by atoms with Gasteiger partial charge in [-0.3, -0.25) is 4.99 Å². The SMILES string of the molecule is CCNC(=NCC(O)c1cc(OC)ccc1OC)NC1CCCC(C)C1.I. The van der Waals surface area contributed by atoms with Crippen molar-refractivity contribution in [3.63, 3.8) is 0 Å². The van der Waals surface area contributed by atoms with Gasteiger partial charge in [-0.2, -0.15) is 0 Å².